The molecule has 0 aliphatic carbocycles. The highest BCUT2D eigenvalue weighted by molar-refractivity contribution is 6.29. The molecule has 0 radical (unpaired) electrons. The molecule has 0 unspecified atom stereocenters. The number of hydrogen-bond donors (Lipinski definition) is 1. The van der Waals surface area contributed by atoms with Gasteiger partial charge >= 0.3 is 5.97 Å². The third kappa shape index (κ3) is 2.37. The Morgan fingerprint density at radius 1 is 1.40 bits per heavy atom. The number of nitrogens with zero attached hydrogens (tertiary/aromatic N) is 5. The number of anilines is 2. The van der Waals surface area contributed by atoms with E-state index in [-0.39, 0.29) is 16.5 Å². The molecule has 0 spiro atoms. The molecule has 8 nitrogen and oxygen atoms in total. The highest BCUT2D eigenvalue weighted by Gasteiger charge is 2.25. The SMILES string of the molecule is COC(=O)c1c(N(C)C)nn(-c2ccc(Cl)nn2)c1N. The summed E-state index contributed by atoms with van der Waals surface area (Å²) >= 11 is 5.68. The number of nitrogens with two attached hydrogens (primary N) is 1. The summed E-state index contributed by atoms with van der Waals surface area (Å²) in [6, 6.07) is 3.15. The molecule has 0 aliphatic heterocycles. The average Bonchev–Trinajstić information content (AvgIpc) is 2.77. The zero-order valence-electron chi connectivity index (χ0n) is 11.2. The van der Waals surface area contributed by atoms with Crippen LogP contribution < -0.4 is 10.6 Å². The summed E-state index contributed by atoms with van der Waals surface area (Å²) in [6.45, 7) is 0. The first-order chi connectivity index (χ1) is 9.45. The van der Waals surface area contributed by atoms with Gasteiger partial charge in [0.25, 0.3) is 0 Å². The van der Waals surface area contributed by atoms with Crippen molar-refractivity contribution in [2.45, 2.75) is 0 Å². The van der Waals surface area contributed by atoms with Crippen molar-refractivity contribution in [2.75, 3.05) is 31.8 Å². The van der Waals surface area contributed by atoms with Gasteiger partial charge in [-0.25, -0.2) is 4.79 Å². The lowest BCUT2D eigenvalue weighted by atomic mass is 10.3. The van der Waals surface area contributed by atoms with Crippen LogP contribution in [0.3, 0.4) is 0 Å². The third-order valence-electron chi connectivity index (χ3n) is 2.55. The second-order valence-corrected chi connectivity index (χ2v) is 4.48. The van der Waals surface area contributed by atoms with Crippen LogP contribution in [0.25, 0.3) is 5.82 Å². The maximum atomic E-state index is 11.8. The molecule has 0 saturated carbocycles. The van der Waals surface area contributed by atoms with E-state index in [1.54, 1.807) is 31.1 Å². The highest BCUT2D eigenvalue weighted by Crippen LogP contribution is 2.26. The van der Waals surface area contributed by atoms with Crippen molar-refractivity contribution in [2.24, 2.45) is 0 Å². The number of ether oxygens (including phenoxy) is 1. The van der Waals surface area contributed by atoms with Crippen molar-refractivity contribution >= 4 is 29.2 Å². The summed E-state index contributed by atoms with van der Waals surface area (Å²) in [5.74, 6) is 0.285. The number of halogens is 1. The largest absolute Gasteiger partial charge is 0.465 e. The number of methoxy groups -OCH3 is 1. The number of hydrogen-bond acceptors (Lipinski definition) is 7. The van der Waals surface area contributed by atoms with E-state index in [9.17, 15) is 4.79 Å². The van der Waals surface area contributed by atoms with Crippen LogP contribution in [-0.4, -0.2) is 47.2 Å². The summed E-state index contributed by atoms with van der Waals surface area (Å²) in [4.78, 5) is 13.5. The standard InChI is InChI=1S/C11H13ClN6O2/c1-17(2)10-8(11(19)20-3)9(13)18(16-10)7-5-4-6(12)14-15-7/h4-5H,13H2,1-3H3. The molecule has 2 aromatic heterocycles. The maximum Gasteiger partial charge on any atom is 0.345 e. The molecule has 0 amide bonds. The summed E-state index contributed by atoms with van der Waals surface area (Å²) in [6.07, 6.45) is 0. The first-order valence-electron chi connectivity index (χ1n) is 5.59. The summed E-state index contributed by atoms with van der Waals surface area (Å²) in [5, 5.41) is 12.1. The van der Waals surface area contributed by atoms with Crippen molar-refractivity contribution < 1.29 is 9.53 Å². The lowest BCUT2D eigenvalue weighted by Crippen LogP contribution is -2.14. The second kappa shape index (κ2) is 5.33. The predicted octanol–water partition coefficient (Wildman–Crippen LogP) is 0.750. The van der Waals surface area contributed by atoms with Crippen LogP contribution in [0.2, 0.25) is 5.15 Å². The molecular formula is C11H13ClN6O2. The van der Waals surface area contributed by atoms with Gasteiger partial charge in [0.15, 0.2) is 16.8 Å². The van der Waals surface area contributed by atoms with Gasteiger partial charge in [0.05, 0.1) is 7.11 Å². The first kappa shape index (κ1) is 14.1. The Kier molecular flexibility index (Phi) is 3.75. The van der Waals surface area contributed by atoms with Gasteiger partial charge in [-0.3, -0.25) is 0 Å². The predicted molar refractivity (Wildman–Crippen MR) is 74.2 cm³/mol. The minimum absolute atomic E-state index is 0.122. The fourth-order valence-electron chi connectivity index (χ4n) is 1.63. The van der Waals surface area contributed by atoms with Crippen molar-refractivity contribution in [1.29, 1.82) is 0 Å². The van der Waals surface area contributed by atoms with Gasteiger partial charge in [0, 0.05) is 14.1 Å². The molecule has 106 valence electrons. The van der Waals surface area contributed by atoms with Gasteiger partial charge < -0.3 is 15.4 Å². The summed E-state index contributed by atoms with van der Waals surface area (Å²) < 4.78 is 6.03. The lowest BCUT2D eigenvalue weighted by Gasteiger charge is -2.09. The highest BCUT2D eigenvalue weighted by atomic mass is 35.5. The zero-order chi connectivity index (χ0) is 14.9. The summed E-state index contributed by atoms with van der Waals surface area (Å²) in [7, 11) is 4.76. The van der Waals surface area contributed by atoms with Crippen LogP contribution in [0.1, 0.15) is 10.4 Å². The summed E-state index contributed by atoms with van der Waals surface area (Å²) in [5.41, 5.74) is 6.14. The van der Waals surface area contributed by atoms with Crippen molar-refractivity contribution in [1.82, 2.24) is 20.0 Å². The van der Waals surface area contributed by atoms with Crippen molar-refractivity contribution in [3.05, 3.63) is 22.8 Å². The van der Waals surface area contributed by atoms with Gasteiger partial charge in [-0.1, -0.05) is 11.6 Å². The Morgan fingerprint density at radius 2 is 2.10 bits per heavy atom. The molecule has 0 bridgehead atoms. The number of carbonyl (C=O) groups excluding carboxylic acids is 1. The molecule has 2 N–H and O–H groups in total. The zero-order valence-corrected chi connectivity index (χ0v) is 11.9. The molecule has 0 saturated heterocycles. The molecule has 2 aromatic rings. The second-order valence-electron chi connectivity index (χ2n) is 4.10. The Balaban J connectivity index is 2.61. The molecule has 0 aromatic carbocycles. The van der Waals surface area contributed by atoms with Crippen molar-refractivity contribution in [3.63, 3.8) is 0 Å². The first-order valence-corrected chi connectivity index (χ1v) is 5.97. The van der Waals surface area contributed by atoms with Crippen LogP contribution in [0.15, 0.2) is 12.1 Å². The average molecular weight is 297 g/mol. The fraction of sp³-hybridized carbons (Fsp3) is 0.273. The smallest absolute Gasteiger partial charge is 0.345 e. The van der Waals surface area contributed by atoms with Crippen molar-refractivity contribution in [3.8, 4) is 5.82 Å². The van der Waals surface area contributed by atoms with Gasteiger partial charge in [-0.05, 0) is 12.1 Å². The number of nitrogen functional groups attached to an aromatic ring is 1. The molecule has 2 rings (SSSR count). The van der Waals surface area contributed by atoms with E-state index in [1.165, 1.54) is 11.8 Å². The minimum atomic E-state index is -0.570. The number of carbonyl (C=O) groups is 1. The molecule has 0 fully saturated rings. The normalized spacial score (nSPS) is 10.4. The topological polar surface area (TPSA) is 99.2 Å². The molecule has 2 heterocycles. The minimum Gasteiger partial charge on any atom is -0.465 e. The Morgan fingerprint density at radius 3 is 2.60 bits per heavy atom. The third-order valence-corrected chi connectivity index (χ3v) is 2.75. The van der Waals surface area contributed by atoms with E-state index in [0.29, 0.717) is 11.6 Å². The molecular weight excluding hydrogens is 284 g/mol. The Labute approximate surface area is 120 Å². The Hall–Kier alpha value is -2.35. The van der Waals surface area contributed by atoms with E-state index < -0.39 is 5.97 Å². The van der Waals surface area contributed by atoms with Gasteiger partial charge in [-0.15, -0.1) is 15.3 Å². The van der Waals surface area contributed by atoms with Crippen LogP contribution >= 0.6 is 11.6 Å². The van der Waals surface area contributed by atoms with E-state index in [1.807, 2.05) is 0 Å². The maximum absolute atomic E-state index is 11.8. The van der Waals surface area contributed by atoms with Crippen LogP contribution in [0.4, 0.5) is 11.6 Å². The lowest BCUT2D eigenvalue weighted by molar-refractivity contribution is 0.0602. The van der Waals surface area contributed by atoms with Gasteiger partial charge in [0.1, 0.15) is 11.4 Å². The van der Waals surface area contributed by atoms with Gasteiger partial charge in [-0.2, -0.15) is 4.68 Å². The molecule has 0 atom stereocenters. The quantitative estimate of drug-likeness (QED) is 0.834. The van der Waals surface area contributed by atoms with E-state index >= 15 is 0 Å². The fourth-order valence-corrected chi connectivity index (χ4v) is 1.73. The number of aromatic nitrogens is 4. The Bertz CT molecular complexity index is 637. The molecule has 9 heteroatoms. The van der Waals surface area contributed by atoms with Gasteiger partial charge in [0.2, 0.25) is 0 Å². The van der Waals surface area contributed by atoms with E-state index in [2.05, 4.69) is 15.3 Å². The molecule has 0 aliphatic rings. The number of rotatable bonds is 3. The van der Waals surface area contributed by atoms with E-state index in [0.717, 1.165) is 0 Å². The van der Waals surface area contributed by atoms with E-state index in [4.69, 9.17) is 22.1 Å². The van der Waals surface area contributed by atoms with Crippen LogP contribution in [0.5, 0.6) is 0 Å². The number of esters is 1. The molecule has 20 heavy (non-hydrogen) atoms. The van der Waals surface area contributed by atoms with Crippen LogP contribution in [0, 0.1) is 0 Å². The van der Waals surface area contributed by atoms with Crippen LogP contribution in [-0.2, 0) is 4.74 Å². The monoisotopic (exact) mass is 296 g/mol.